The number of rotatable bonds is 10. The lowest BCUT2D eigenvalue weighted by Crippen LogP contribution is -2.39. The fourth-order valence-electron chi connectivity index (χ4n) is 3.47. The van der Waals surface area contributed by atoms with Gasteiger partial charge in [0.15, 0.2) is 11.5 Å². The fourth-order valence-corrected chi connectivity index (χ4v) is 4.48. The summed E-state index contributed by atoms with van der Waals surface area (Å²) >= 11 is 0. The van der Waals surface area contributed by atoms with Crippen molar-refractivity contribution < 1.29 is 17.9 Å². The molecule has 0 unspecified atom stereocenters. The van der Waals surface area contributed by atoms with Gasteiger partial charge < -0.3 is 15.4 Å². The van der Waals surface area contributed by atoms with Gasteiger partial charge in [0.1, 0.15) is 5.52 Å². The number of anilines is 2. The van der Waals surface area contributed by atoms with Crippen LogP contribution in [0.5, 0.6) is 0 Å². The first-order chi connectivity index (χ1) is 16.2. The van der Waals surface area contributed by atoms with Crippen LogP contribution in [0.1, 0.15) is 25.3 Å². The number of imidazole rings is 1. The van der Waals surface area contributed by atoms with Crippen LogP contribution >= 0.6 is 0 Å². The number of carbonyl (C=O) groups excluding carboxylic acids is 1. The molecule has 3 aromatic rings. The lowest BCUT2D eigenvalue weighted by molar-refractivity contribution is 0.176. The minimum atomic E-state index is -3.70. The molecule has 0 aliphatic rings. The predicted molar refractivity (Wildman–Crippen MR) is 129 cm³/mol. The number of hydrogen-bond donors (Lipinski definition) is 2. The number of aromatic nitrogens is 4. The number of methoxy groups -OCH3 is 1. The quantitative estimate of drug-likeness (QED) is 0.402. The number of sulfonamides is 1. The molecule has 1 aromatic carbocycles. The van der Waals surface area contributed by atoms with Crippen molar-refractivity contribution >= 4 is 39.0 Å². The van der Waals surface area contributed by atoms with E-state index >= 15 is 0 Å². The zero-order valence-electron chi connectivity index (χ0n) is 19.4. The standard InChI is InChI=1S/C21H29N7O5S/c1-4-13-34(31,32)25-19-23-17(22)16-18(24-19)27(14-15-9-6-5-7-10-15)21(30)28(16)20(29)26(2)11-8-12-33-3/h5-7,9-10H,4,8,11-14H2,1-3H3,(H3,22,23,24,25). The van der Waals surface area contributed by atoms with Gasteiger partial charge in [-0.05, 0) is 18.4 Å². The topological polar surface area (TPSA) is 154 Å². The summed E-state index contributed by atoms with van der Waals surface area (Å²) < 4.78 is 34.0. The summed E-state index contributed by atoms with van der Waals surface area (Å²) in [6.07, 6.45) is 0.970. The van der Waals surface area contributed by atoms with E-state index in [9.17, 15) is 18.0 Å². The summed E-state index contributed by atoms with van der Waals surface area (Å²) in [5.41, 5.74) is 6.33. The number of benzene rings is 1. The van der Waals surface area contributed by atoms with Gasteiger partial charge in [-0.2, -0.15) is 9.97 Å². The summed E-state index contributed by atoms with van der Waals surface area (Å²) in [5.74, 6) is -0.586. The van der Waals surface area contributed by atoms with Crippen LogP contribution in [0.15, 0.2) is 35.1 Å². The first-order valence-corrected chi connectivity index (χ1v) is 12.4. The maximum absolute atomic E-state index is 13.4. The molecule has 0 atom stereocenters. The average Bonchev–Trinajstić information content (AvgIpc) is 3.05. The molecule has 2 aromatic heterocycles. The zero-order chi connectivity index (χ0) is 24.9. The van der Waals surface area contributed by atoms with Crippen LogP contribution in [-0.4, -0.2) is 71.5 Å². The number of nitrogens with two attached hydrogens (primary N) is 1. The third-order valence-electron chi connectivity index (χ3n) is 5.06. The molecule has 3 rings (SSSR count). The molecule has 0 bridgehead atoms. The second-order valence-electron chi connectivity index (χ2n) is 7.77. The Balaban J connectivity index is 2.15. The average molecular weight is 492 g/mol. The largest absolute Gasteiger partial charge is 0.385 e. The lowest BCUT2D eigenvalue weighted by Gasteiger charge is -2.17. The number of amides is 1. The monoisotopic (exact) mass is 491 g/mol. The number of nitrogens with zero attached hydrogens (tertiary/aromatic N) is 5. The van der Waals surface area contributed by atoms with Crippen LogP contribution in [0.3, 0.4) is 0 Å². The molecule has 0 saturated carbocycles. The number of fused-ring (bicyclic) bond motifs is 1. The Hall–Kier alpha value is -3.45. The van der Waals surface area contributed by atoms with E-state index in [1.54, 1.807) is 21.1 Å². The van der Waals surface area contributed by atoms with Crippen molar-refractivity contribution in [2.24, 2.45) is 0 Å². The molecule has 0 fully saturated rings. The SMILES string of the molecule is CCCS(=O)(=O)Nc1nc(N)c2c(n1)n(Cc1ccccc1)c(=O)n2C(=O)N(C)CCCOC. The molecule has 0 spiro atoms. The summed E-state index contributed by atoms with van der Waals surface area (Å²) in [6, 6.07) is 8.53. The molecule has 3 N–H and O–H groups in total. The Morgan fingerprint density at radius 2 is 1.94 bits per heavy atom. The van der Waals surface area contributed by atoms with Crippen molar-refractivity contribution in [2.75, 3.05) is 43.5 Å². The van der Waals surface area contributed by atoms with E-state index in [4.69, 9.17) is 10.5 Å². The van der Waals surface area contributed by atoms with Crippen molar-refractivity contribution in [3.63, 3.8) is 0 Å². The van der Waals surface area contributed by atoms with Crippen molar-refractivity contribution in [1.29, 1.82) is 0 Å². The van der Waals surface area contributed by atoms with Gasteiger partial charge >= 0.3 is 11.7 Å². The molecule has 0 radical (unpaired) electrons. The first-order valence-electron chi connectivity index (χ1n) is 10.8. The molecular formula is C21H29N7O5S. The Bertz CT molecular complexity index is 1320. The molecule has 2 heterocycles. The van der Waals surface area contributed by atoms with Crippen LogP contribution in [-0.2, 0) is 21.3 Å². The van der Waals surface area contributed by atoms with Gasteiger partial charge in [-0.25, -0.2) is 22.6 Å². The Morgan fingerprint density at radius 3 is 2.59 bits per heavy atom. The van der Waals surface area contributed by atoms with Crippen molar-refractivity contribution in [1.82, 2.24) is 24.0 Å². The first kappa shape index (κ1) is 25.2. The molecule has 34 heavy (non-hydrogen) atoms. The minimum Gasteiger partial charge on any atom is -0.385 e. The van der Waals surface area contributed by atoms with Crippen LogP contribution < -0.4 is 16.1 Å². The second kappa shape index (κ2) is 10.7. The van der Waals surface area contributed by atoms with Gasteiger partial charge in [0, 0.05) is 27.3 Å². The van der Waals surface area contributed by atoms with E-state index in [-0.39, 0.29) is 35.2 Å². The Morgan fingerprint density at radius 1 is 1.24 bits per heavy atom. The molecule has 13 heteroatoms. The van der Waals surface area contributed by atoms with Crippen LogP contribution in [0.4, 0.5) is 16.6 Å². The summed E-state index contributed by atoms with van der Waals surface area (Å²) in [4.78, 5) is 36.3. The third-order valence-corrected chi connectivity index (χ3v) is 6.50. The lowest BCUT2D eigenvalue weighted by atomic mass is 10.2. The smallest absolute Gasteiger partial charge is 0.339 e. The Kier molecular flexibility index (Phi) is 7.89. The number of carbonyl (C=O) groups is 1. The van der Waals surface area contributed by atoms with E-state index in [0.717, 1.165) is 10.1 Å². The van der Waals surface area contributed by atoms with Gasteiger partial charge in [-0.1, -0.05) is 37.3 Å². The molecule has 0 aliphatic heterocycles. The van der Waals surface area contributed by atoms with Gasteiger partial charge in [0.25, 0.3) is 0 Å². The van der Waals surface area contributed by atoms with E-state index in [2.05, 4.69) is 14.7 Å². The van der Waals surface area contributed by atoms with E-state index in [1.807, 2.05) is 30.3 Å². The number of hydrogen-bond acceptors (Lipinski definition) is 8. The van der Waals surface area contributed by atoms with Crippen molar-refractivity contribution in [3.05, 3.63) is 46.4 Å². The summed E-state index contributed by atoms with van der Waals surface area (Å²) in [7, 11) is -0.572. The van der Waals surface area contributed by atoms with E-state index < -0.39 is 21.7 Å². The number of ether oxygens (including phenoxy) is 1. The number of nitrogens with one attached hydrogen (secondary N) is 1. The highest BCUT2D eigenvalue weighted by molar-refractivity contribution is 7.92. The predicted octanol–water partition coefficient (Wildman–Crippen LogP) is 1.31. The minimum absolute atomic E-state index is 0.0166. The van der Waals surface area contributed by atoms with E-state index in [1.165, 1.54) is 9.47 Å². The maximum Gasteiger partial charge on any atom is 0.339 e. The normalized spacial score (nSPS) is 11.6. The van der Waals surface area contributed by atoms with Gasteiger partial charge in [-0.3, -0.25) is 9.29 Å². The zero-order valence-corrected chi connectivity index (χ0v) is 20.2. The highest BCUT2D eigenvalue weighted by Gasteiger charge is 2.26. The summed E-state index contributed by atoms with van der Waals surface area (Å²) in [6.45, 7) is 2.63. The van der Waals surface area contributed by atoms with E-state index in [0.29, 0.717) is 26.0 Å². The molecular weight excluding hydrogens is 462 g/mol. The van der Waals surface area contributed by atoms with Crippen molar-refractivity contribution in [2.45, 2.75) is 26.3 Å². The van der Waals surface area contributed by atoms with Gasteiger partial charge in [-0.15, -0.1) is 0 Å². The molecule has 0 aliphatic carbocycles. The molecule has 184 valence electrons. The van der Waals surface area contributed by atoms with Crippen LogP contribution in [0.25, 0.3) is 11.2 Å². The highest BCUT2D eigenvalue weighted by atomic mass is 32.2. The van der Waals surface area contributed by atoms with Crippen LogP contribution in [0.2, 0.25) is 0 Å². The second-order valence-corrected chi connectivity index (χ2v) is 9.61. The maximum atomic E-state index is 13.4. The number of nitrogen functional groups attached to an aromatic ring is 1. The molecule has 1 amide bonds. The summed E-state index contributed by atoms with van der Waals surface area (Å²) in [5, 5.41) is 0. The van der Waals surface area contributed by atoms with Gasteiger partial charge in [0.2, 0.25) is 16.0 Å². The van der Waals surface area contributed by atoms with Crippen LogP contribution in [0, 0.1) is 0 Å². The highest BCUT2D eigenvalue weighted by Crippen LogP contribution is 2.21. The molecule has 0 saturated heterocycles. The van der Waals surface area contributed by atoms with Crippen molar-refractivity contribution in [3.8, 4) is 0 Å². The fraction of sp³-hybridized carbons (Fsp3) is 0.429. The molecule has 12 nitrogen and oxygen atoms in total. The Labute approximate surface area is 197 Å². The third kappa shape index (κ3) is 5.54. The van der Waals surface area contributed by atoms with Gasteiger partial charge in [0.05, 0.1) is 12.3 Å².